The third-order valence-electron chi connectivity index (χ3n) is 5.07. The standard InChI is InChI=1S/C17H25N3O/c1-2-13(11-21-7-1)17-19-10-14-8-12(3-6-16(14)20-17)9-18-15-4-5-15/h10,12-13,15,18H,1-9,11H2. The van der Waals surface area contributed by atoms with Gasteiger partial charge in [-0.1, -0.05) is 0 Å². The van der Waals surface area contributed by atoms with Gasteiger partial charge in [0, 0.05) is 30.5 Å². The molecule has 4 rings (SSSR count). The van der Waals surface area contributed by atoms with Crippen molar-refractivity contribution in [2.75, 3.05) is 19.8 Å². The van der Waals surface area contributed by atoms with Gasteiger partial charge in [0.05, 0.1) is 6.61 Å². The van der Waals surface area contributed by atoms with Gasteiger partial charge in [0.2, 0.25) is 0 Å². The molecule has 1 saturated carbocycles. The minimum Gasteiger partial charge on any atom is -0.381 e. The summed E-state index contributed by atoms with van der Waals surface area (Å²) in [4.78, 5) is 9.51. The van der Waals surface area contributed by atoms with Gasteiger partial charge < -0.3 is 10.1 Å². The number of aryl methyl sites for hydroxylation is 1. The van der Waals surface area contributed by atoms with Gasteiger partial charge in [-0.3, -0.25) is 0 Å². The summed E-state index contributed by atoms with van der Waals surface area (Å²) in [7, 11) is 0. The Labute approximate surface area is 126 Å². The number of hydrogen-bond acceptors (Lipinski definition) is 4. The van der Waals surface area contributed by atoms with Crippen molar-refractivity contribution in [3.8, 4) is 0 Å². The zero-order valence-electron chi connectivity index (χ0n) is 12.7. The summed E-state index contributed by atoms with van der Waals surface area (Å²) in [6.07, 6.45) is 10.7. The van der Waals surface area contributed by atoms with Crippen LogP contribution in [0.4, 0.5) is 0 Å². The van der Waals surface area contributed by atoms with Crippen LogP contribution in [0.25, 0.3) is 0 Å². The van der Waals surface area contributed by atoms with Crippen LogP contribution in [0.15, 0.2) is 6.20 Å². The highest BCUT2D eigenvalue weighted by molar-refractivity contribution is 5.22. The number of aromatic nitrogens is 2. The van der Waals surface area contributed by atoms with E-state index < -0.39 is 0 Å². The van der Waals surface area contributed by atoms with Gasteiger partial charge in [-0.25, -0.2) is 9.97 Å². The van der Waals surface area contributed by atoms with Crippen molar-refractivity contribution in [2.45, 2.75) is 56.9 Å². The number of ether oxygens (including phenoxy) is 1. The number of nitrogens with one attached hydrogen (secondary N) is 1. The van der Waals surface area contributed by atoms with Gasteiger partial charge in [-0.05, 0) is 63.0 Å². The third-order valence-corrected chi connectivity index (χ3v) is 5.07. The average Bonchev–Trinajstić information content (AvgIpc) is 3.37. The molecule has 1 aromatic heterocycles. The molecule has 114 valence electrons. The fourth-order valence-corrected chi connectivity index (χ4v) is 3.53. The topological polar surface area (TPSA) is 47.0 Å². The van der Waals surface area contributed by atoms with E-state index in [0.717, 1.165) is 50.3 Å². The lowest BCUT2D eigenvalue weighted by Crippen LogP contribution is -2.29. The molecule has 4 heteroatoms. The molecule has 2 unspecified atom stereocenters. The highest BCUT2D eigenvalue weighted by Crippen LogP contribution is 2.28. The van der Waals surface area contributed by atoms with E-state index in [0.29, 0.717) is 5.92 Å². The van der Waals surface area contributed by atoms with Crippen LogP contribution in [0.5, 0.6) is 0 Å². The normalized spacial score (nSPS) is 29.1. The largest absolute Gasteiger partial charge is 0.381 e. The Balaban J connectivity index is 1.41. The SMILES string of the molecule is c1nc(C2CCCOC2)nc2c1CC(CNC1CC1)CC2. The van der Waals surface area contributed by atoms with E-state index in [1.165, 1.54) is 43.5 Å². The van der Waals surface area contributed by atoms with Crippen molar-refractivity contribution in [1.82, 2.24) is 15.3 Å². The Morgan fingerprint density at radius 1 is 1.24 bits per heavy atom. The minimum absolute atomic E-state index is 0.415. The van der Waals surface area contributed by atoms with Gasteiger partial charge in [0.25, 0.3) is 0 Å². The fourth-order valence-electron chi connectivity index (χ4n) is 3.53. The van der Waals surface area contributed by atoms with Crippen LogP contribution < -0.4 is 5.32 Å². The van der Waals surface area contributed by atoms with Gasteiger partial charge >= 0.3 is 0 Å². The lowest BCUT2D eigenvalue weighted by Gasteiger charge is -2.26. The summed E-state index contributed by atoms with van der Waals surface area (Å²) in [6.45, 7) is 2.87. The summed E-state index contributed by atoms with van der Waals surface area (Å²) >= 11 is 0. The molecule has 1 saturated heterocycles. The molecular formula is C17H25N3O. The van der Waals surface area contributed by atoms with Crippen molar-refractivity contribution < 1.29 is 4.74 Å². The maximum absolute atomic E-state index is 5.57. The smallest absolute Gasteiger partial charge is 0.133 e. The lowest BCUT2D eigenvalue weighted by atomic mass is 9.87. The van der Waals surface area contributed by atoms with Crippen molar-refractivity contribution in [1.29, 1.82) is 0 Å². The first-order valence-corrected chi connectivity index (χ1v) is 8.54. The van der Waals surface area contributed by atoms with E-state index in [1.807, 2.05) is 0 Å². The summed E-state index contributed by atoms with van der Waals surface area (Å²) < 4.78 is 5.57. The molecule has 2 aliphatic carbocycles. The fraction of sp³-hybridized carbons (Fsp3) is 0.765. The van der Waals surface area contributed by atoms with Crippen molar-refractivity contribution >= 4 is 0 Å². The molecule has 1 aromatic rings. The molecular weight excluding hydrogens is 262 g/mol. The average molecular weight is 287 g/mol. The zero-order valence-corrected chi connectivity index (χ0v) is 12.7. The molecule has 0 aromatic carbocycles. The Bertz CT molecular complexity index is 495. The molecule has 1 aliphatic heterocycles. The minimum atomic E-state index is 0.415. The van der Waals surface area contributed by atoms with E-state index in [4.69, 9.17) is 9.72 Å². The molecule has 4 nitrogen and oxygen atoms in total. The van der Waals surface area contributed by atoms with E-state index in [1.54, 1.807) is 0 Å². The molecule has 21 heavy (non-hydrogen) atoms. The molecule has 2 heterocycles. The van der Waals surface area contributed by atoms with Crippen LogP contribution in [0.2, 0.25) is 0 Å². The number of rotatable bonds is 4. The highest BCUT2D eigenvalue weighted by Gasteiger charge is 2.26. The van der Waals surface area contributed by atoms with Crippen LogP contribution in [0.3, 0.4) is 0 Å². The molecule has 2 fully saturated rings. The highest BCUT2D eigenvalue weighted by atomic mass is 16.5. The first-order chi connectivity index (χ1) is 10.4. The number of fused-ring (bicyclic) bond motifs is 1. The van der Waals surface area contributed by atoms with E-state index >= 15 is 0 Å². The van der Waals surface area contributed by atoms with Crippen LogP contribution in [0.1, 0.15) is 55.1 Å². The predicted molar refractivity (Wildman–Crippen MR) is 81.4 cm³/mol. The molecule has 0 bridgehead atoms. The summed E-state index contributed by atoms with van der Waals surface area (Å²) in [6, 6.07) is 0.816. The van der Waals surface area contributed by atoms with Crippen LogP contribution in [-0.4, -0.2) is 35.8 Å². The number of hydrogen-bond donors (Lipinski definition) is 1. The third kappa shape index (κ3) is 3.27. The van der Waals surface area contributed by atoms with E-state index in [2.05, 4.69) is 16.5 Å². The van der Waals surface area contributed by atoms with E-state index in [9.17, 15) is 0 Å². The predicted octanol–water partition coefficient (Wildman–Crippen LogP) is 2.23. The molecule has 3 aliphatic rings. The van der Waals surface area contributed by atoms with Gasteiger partial charge in [0.15, 0.2) is 0 Å². The second kappa shape index (κ2) is 6.01. The van der Waals surface area contributed by atoms with Gasteiger partial charge in [-0.2, -0.15) is 0 Å². The maximum Gasteiger partial charge on any atom is 0.133 e. The van der Waals surface area contributed by atoms with Crippen molar-refractivity contribution in [3.05, 3.63) is 23.3 Å². The van der Waals surface area contributed by atoms with Gasteiger partial charge in [-0.15, -0.1) is 0 Å². The molecule has 0 amide bonds. The summed E-state index contributed by atoms with van der Waals surface area (Å²) in [5.41, 5.74) is 2.68. The molecule has 0 radical (unpaired) electrons. The second-order valence-electron chi connectivity index (χ2n) is 6.91. The van der Waals surface area contributed by atoms with Crippen LogP contribution in [0, 0.1) is 5.92 Å². The summed E-state index contributed by atoms with van der Waals surface area (Å²) in [5.74, 6) is 2.20. The zero-order chi connectivity index (χ0) is 14.1. The Kier molecular flexibility index (Phi) is 3.91. The van der Waals surface area contributed by atoms with Crippen LogP contribution in [-0.2, 0) is 17.6 Å². The first-order valence-electron chi connectivity index (χ1n) is 8.54. The Hall–Kier alpha value is -1.00. The quantitative estimate of drug-likeness (QED) is 0.922. The Morgan fingerprint density at radius 2 is 2.19 bits per heavy atom. The van der Waals surface area contributed by atoms with Crippen molar-refractivity contribution in [3.63, 3.8) is 0 Å². The maximum atomic E-state index is 5.57. The molecule has 2 atom stereocenters. The summed E-state index contributed by atoms with van der Waals surface area (Å²) in [5, 5.41) is 3.66. The Morgan fingerprint density at radius 3 is 3.00 bits per heavy atom. The lowest BCUT2D eigenvalue weighted by molar-refractivity contribution is 0.0779. The first kappa shape index (κ1) is 13.6. The number of nitrogens with zero attached hydrogens (tertiary/aromatic N) is 2. The van der Waals surface area contributed by atoms with Crippen molar-refractivity contribution in [2.24, 2.45) is 5.92 Å². The second-order valence-corrected chi connectivity index (χ2v) is 6.91. The molecule has 1 N–H and O–H groups in total. The van der Waals surface area contributed by atoms with Gasteiger partial charge in [0.1, 0.15) is 5.82 Å². The molecule has 0 spiro atoms. The monoisotopic (exact) mass is 287 g/mol. The van der Waals surface area contributed by atoms with E-state index in [-0.39, 0.29) is 0 Å². The van der Waals surface area contributed by atoms with Crippen LogP contribution >= 0.6 is 0 Å².